The molecule has 1 aromatic rings. The molecule has 1 atom stereocenters. The van der Waals surface area contributed by atoms with Crippen LogP contribution >= 0.6 is 0 Å². The van der Waals surface area contributed by atoms with E-state index in [2.05, 4.69) is 10.8 Å². The average Bonchev–Trinajstić information content (AvgIpc) is 2.46. The van der Waals surface area contributed by atoms with Gasteiger partial charge in [-0.3, -0.25) is 4.79 Å². The molecule has 0 fully saturated rings. The molecular weight excluding hydrogens is 242 g/mol. The van der Waals surface area contributed by atoms with Crippen LogP contribution in [0.2, 0.25) is 0 Å². The van der Waals surface area contributed by atoms with E-state index in [1.54, 1.807) is 0 Å². The molecule has 1 aliphatic carbocycles. The van der Waals surface area contributed by atoms with Crippen LogP contribution in [0.3, 0.4) is 0 Å². The maximum atomic E-state index is 11.2. The molecule has 1 aromatic carbocycles. The van der Waals surface area contributed by atoms with Crippen molar-refractivity contribution in [2.45, 2.75) is 38.1 Å². The van der Waals surface area contributed by atoms with Gasteiger partial charge in [0.05, 0.1) is 13.7 Å². The minimum atomic E-state index is -0.607. The number of esters is 1. The first-order chi connectivity index (χ1) is 9.22. The Morgan fingerprint density at radius 1 is 1.37 bits per heavy atom. The highest BCUT2D eigenvalue weighted by Crippen LogP contribution is 2.29. The Balaban J connectivity index is 1.91. The molecular formula is C15H21NO3. The molecule has 4 nitrogen and oxygen atoms in total. The van der Waals surface area contributed by atoms with Crippen molar-refractivity contribution in [3.05, 3.63) is 29.3 Å². The van der Waals surface area contributed by atoms with Crippen LogP contribution in [-0.4, -0.2) is 25.7 Å². The molecule has 0 amide bonds. The van der Waals surface area contributed by atoms with Gasteiger partial charge in [-0.25, -0.2) is 0 Å². The summed E-state index contributed by atoms with van der Waals surface area (Å²) in [6.45, 7) is 0.437. The van der Waals surface area contributed by atoms with E-state index in [1.165, 1.54) is 31.1 Å². The third kappa shape index (κ3) is 3.47. The fourth-order valence-electron chi connectivity index (χ4n) is 2.45. The second kappa shape index (κ2) is 6.57. The average molecular weight is 263 g/mol. The van der Waals surface area contributed by atoms with Crippen LogP contribution in [0.15, 0.2) is 18.2 Å². The van der Waals surface area contributed by atoms with Crippen molar-refractivity contribution in [1.82, 2.24) is 0 Å². The number of methoxy groups -OCH3 is 1. The zero-order valence-corrected chi connectivity index (χ0v) is 11.4. The first-order valence-electron chi connectivity index (χ1n) is 6.79. The summed E-state index contributed by atoms with van der Waals surface area (Å²) < 4.78 is 10.4. The Labute approximate surface area is 113 Å². The lowest BCUT2D eigenvalue weighted by atomic mass is 9.91. The Bertz CT molecular complexity index is 445. The summed E-state index contributed by atoms with van der Waals surface area (Å²) in [6, 6.07) is 5.58. The molecule has 0 radical (unpaired) electrons. The number of aryl methyl sites for hydroxylation is 1. The predicted molar refractivity (Wildman–Crippen MR) is 73.2 cm³/mol. The van der Waals surface area contributed by atoms with Gasteiger partial charge in [0.1, 0.15) is 11.8 Å². The smallest absolute Gasteiger partial charge is 0.322 e. The van der Waals surface area contributed by atoms with Crippen LogP contribution in [0, 0.1) is 0 Å². The number of benzene rings is 1. The number of carbonyl (C=O) groups excluding carboxylic acids is 1. The molecule has 19 heavy (non-hydrogen) atoms. The van der Waals surface area contributed by atoms with Crippen molar-refractivity contribution in [2.24, 2.45) is 5.73 Å². The first-order valence-corrected chi connectivity index (χ1v) is 6.79. The Morgan fingerprint density at radius 2 is 2.16 bits per heavy atom. The molecule has 0 bridgehead atoms. The number of hydrogen-bond donors (Lipinski definition) is 1. The maximum Gasteiger partial charge on any atom is 0.322 e. The minimum Gasteiger partial charge on any atom is -0.493 e. The Hall–Kier alpha value is -1.55. The van der Waals surface area contributed by atoms with E-state index in [0.717, 1.165) is 18.6 Å². The van der Waals surface area contributed by atoms with E-state index in [9.17, 15) is 4.79 Å². The summed E-state index contributed by atoms with van der Waals surface area (Å²) in [4.78, 5) is 11.2. The van der Waals surface area contributed by atoms with Crippen LogP contribution < -0.4 is 10.5 Å². The van der Waals surface area contributed by atoms with E-state index in [0.29, 0.717) is 13.0 Å². The zero-order valence-electron chi connectivity index (χ0n) is 11.4. The van der Waals surface area contributed by atoms with Crippen LogP contribution in [0.1, 0.15) is 30.4 Å². The Kier molecular flexibility index (Phi) is 4.80. The summed E-state index contributed by atoms with van der Waals surface area (Å²) in [5, 5.41) is 0. The lowest BCUT2D eigenvalue weighted by molar-refractivity contribution is -0.142. The number of carbonyl (C=O) groups is 1. The van der Waals surface area contributed by atoms with Crippen LogP contribution in [0.4, 0.5) is 0 Å². The second-order valence-electron chi connectivity index (χ2n) is 4.87. The van der Waals surface area contributed by atoms with Crippen LogP contribution in [-0.2, 0) is 22.4 Å². The van der Waals surface area contributed by atoms with Gasteiger partial charge in [-0.15, -0.1) is 0 Å². The summed E-state index contributed by atoms with van der Waals surface area (Å²) >= 11 is 0. The van der Waals surface area contributed by atoms with Gasteiger partial charge >= 0.3 is 5.97 Å². The number of rotatable bonds is 5. The molecule has 104 valence electrons. The molecule has 0 aliphatic heterocycles. The van der Waals surface area contributed by atoms with Gasteiger partial charge in [-0.05, 0) is 42.9 Å². The molecule has 0 aromatic heterocycles. The summed E-state index contributed by atoms with van der Waals surface area (Å²) in [5.41, 5.74) is 8.38. The van der Waals surface area contributed by atoms with Gasteiger partial charge in [0.25, 0.3) is 0 Å². The number of fused-ring (bicyclic) bond motifs is 1. The highest BCUT2D eigenvalue weighted by Gasteiger charge is 2.16. The third-order valence-electron chi connectivity index (χ3n) is 3.54. The Morgan fingerprint density at radius 3 is 2.95 bits per heavy atom. The molecule has 2 N–H and O–H groups in total. The van der Waals surface area contributed by atoms with Crippen LogP contribution in [0.25, 0.3) is 0 Å². The van der Waals surface area contributed by atoms with Crippen molar-refractivity contribution in [3.63, 3.8) is 0 Å². The summed E-state index contributed by atoms with van der Waals surface area (Å²) in [7, 11) is 1.34. The number of nitrogens with two attached hydrogens (primary N) is 1. The number of ether oxygens (including phenoxy) is 2. The molecule has 0 heterocycles. The third-order valence-corrected chi connectivity index (χ3v) is 3.54. The lowest BCUT2D eigenvalue weighted by Crippen LogP contribution is -2.33. The normalized spacial score (nSPS) is 15.5. The van der Waals surface area contributed by atoms with Crippen molar-refractivity contribution < 1.29 is 14.3 Å². The van der Waals surface area contributed by atoms with E-state index >= 15 is 0 Å². The monoisotopic (exact) mass is 263 g/mol. The molecule has 1 aliphatic rings. The molecule has 0 spiro atoms. The van der Waals surface area contributed by atoms with Crippen LogP contribution in [0.5, 0.6) is 5.75 Å². The van der Waals surface area contributed by atoms with Gasteiger partial charge in [-0.2, -0.15) is 0 Å². The van der Waals surface area contributed by atoms with E-state index in [4.69, 9.17) is 10.5 Å². The molecule has 0 saturated heterocycles. The first kappa shape index (κ1) is 13.9. The summed E-state index contributed by atoms with van der Waals surface area (Å²) in [5.74, 6) is 0.549. The van der Waals surface area contributed by atoms with E-state index in [1.807, 2.05) is 12.1 Å². The number of hydrogen-bond acceptors (Lipinski definition) is 4. The highest BCUT2D eigenvalue weighted by molar-refractivity contribution is 5.75. The van der Waals surface area contributed by atoms with Crippen molar-refractivity contribution in [2.75, 3.05) is 13.7 Å². The topological polar surface area (TPSA) is 61.5 Å². The predicted octanol–water partition coefficient (Wildman–Crippen LogP) is 1.83. The quantitative estimate of drug-likeness (QED) is 0.823. The molecule has 0 saturated carbocycles. The van der Waals surface area contributed by atoms with Gasteiger partial charge in [-0.1, -0.05) is 12.1 Å². The van der Waals surface area contributed by atoms with E-state index in [-0.39, 0.29) is 0 Å². The fourth-order valence-corrected chi connectivity index (χ4v) is 2.45. The van der Waals surface area contributed by atoms with Gasteiger partial charge in [0.2, 0.25) is 0 Å². The maximum absolute atomic E-state index is 11.2. The minimum absolute atomic E-state index is 0.390. The second-order valence-corrected chi connectivity index (χ2v) is 4.87. The van der Waals surface area contributed by atoms with Crippen molar-refractivity contribution in [1.29, 1.82) is 0 Å². The molecule has 1 unspecified atom stereocenters. The molecule has 2 rings (SSSR count). The van der Waals surface area contributed by atoms with Crippen molar-refractivity contribution in [3.8, 4) is 5.75 Å². The molecule has 4 heteroatoms. The highest BCUT2D eigenvalue weighted by atomic mass is 16.5. The fraction of sp³-hybridized carbons (Fsp3) is 0.533. The summed E-state index contributed by atoms with van der Waals surface area (Å²) in [6.07, 6.45) is 5.15. The van der Waals surface area contributed by atoms with Gasteiger partial charge in [0.15, 0.2) is 0 Å². The standard InChI is InChI=1S/C15H21NO3/c1-18-15(17)13(16)9-10-19-14-8-4-6-11-5-2-3-7-12(11)14/h4,6,8,13H,2-3,5,7,9-10,16H2,1H3. The van der Waals surface area contributed by atoms with E-state index < -0.39 is 12.0 Å². The zero-order chi connectivity index (χ0) is 13.7. The van der Waals surface area contributed by atoms with Gasteiger partial charge < -0.3 is 15.2 Å². The lowest BCUT2D eigenvalue weighted by Gasteiger charge is -2.19. The van der Waals surface area contributed by atoms with Crippen molar-refractivity contribution >= 4 is 5.97 Å². The SMILES string of the molecule is COC(=O)C(N)CCOc1cccc2c1CCCC2. The van der Waals surface area contributed by atoms with Gasteiger partial charge in [0, 0.05) is 6.42 Å². The largest absolute Gasteiger partial charge is 0.493 e.